The van der Waals surface area contributed by atoms with Crippen LogP contribution in [0.15, 0.2) is 40.4 Å². The highest BCUT2D eigenvalue weighted by molar-refractivity contribution is 7.89. The van der Waals surface area contributed by atoms with Gasteiger partial charge in [0.2, 0.25) is 15.9 Å². The molecule has 11 nitrogen and oxygen atoms in total. The largest absolute Gasteiger partial charge is 0.379 e. The van der Waals surface area contributed by atoms with E-state index in [1.165, 1.54) is 26.5 Å². The number of carbonyl (C=O) groups excluding carboxylic acids is 1. The van der Waals surface area contributed by atoms with Crippen LogP contribution in [-0.2, 0) is 26.1 Å². The molecule has 186 valence electrons. The van der Waals surface area contributed by atoms with Crippen molar-refractivity contribution in [2.24, 2.45) is 0 Å². The predicted octanol–water partition coefficient (Wildman–Crippen LogP) is 0.531. The summed E-state index contributed by atoms with van der Waals surface area (Å²) in [6.07, 6.45) is 3.07. The summed E-state index contributed by atoms with van der Waals surface area (Å²) in [6.45, 7) is 4.86. The Labute approximate surface area is 206 Å². The minimum atomic E-state index is -3.89. The SMILES string of the molecule is Cc1sc2ncn(CC(=O)N3CCN(c4ccccn4)CC3)c(=O)c2c1S(=O)(=O)N1CCOCC1. The van der Waals surface area contributed by atoms with E-state index in [1.54, 1.807) is 18.0 Å². The summed E-state index contributed by atoms with van der Waals surface area (Å²) >= 11 is 1.17. The van der Waals surface area contributed by atoms with Crippen LogP contribution >= 0.6 is 11.3 Å². The van der Waals surface area contributed by atoms with Gasteiger partial charge in [0.1, 0.15) is 22.1 Å². The number of pyridine rings is 1. The van der Waals surface area contributed by atoms with Crippen molar-refractivity contribution >= 4 is 43.3 Å². The van der Waals surface area contributed by atoms with Gasteiger partial charge in [-0.15, -0.1) is 11.3 Å². The number of piperazine rings is 1. The molecule has 0 aromatic carbocycles. The van der Waals surface area contributed by atoms with Gasteiger partial charge in [-0.2, -0.15) is 4.31 Å². The molecule has 3 aromatic rings. The number of rotatable bonds is 5. The number of thiophene rings is 1. The maximum atomic E-state index is 13.4. The van der Waals surface area contributed by atoms with Gasteiger partial charge < -0.3 is 14.5 Å². The number of sulfonamides is 1. The minimum Gasteiger partial charge on any atom is -0.379 e. The summed E-state index contributed by atoms with van der Waals surface area (Å²) < 4.78 is 34.6. The Morgan fingerprint density at radius 3 is 2.51 bits per heavy atom. The molecule has 0 spiro atoms. The topological polar surface area (TPSA) is 118 Å². The van der Waals surface area contributed by atoms with E-state index in [2.05, 4.69) is 14.9 Å². The number of nitrogens with zero attached hydrogens (tertiary/aromatic N) is 6. The first-order valence-electron chi connectivity index (χ1n) is 11.4. The maximum absolute atomic E-state index is 13.4. The van der Waals surface area contributed by atoms with Gasteiger partial charge >= 0.3 is 0 Å². The van der Waals surface area contributed by atoms with Gasteiger partial charge in [-0.05, 0) is 19.1 Å². The van der Waals surface area contributed by atoms with Crippen LogP contribution in [0.25, 0.3) is 10.2 Å². The quantitative estimate of drug-likeness (QED) is 0.480. The van der Waals surface area contributed by atoms with E-state index >= 15 is 0 Å². The van der Waals surface area contributed by atoms with Crippen molar-refractivity contribution < 1.29 is 17.9 Å². The number of aryl methyl sites for hydroxylation is 1. The molecule has 2 aliphatic rings. The zero-order valence-electron chi connectivity index (χ0n) is 19.3. The van der Waals surface area contributed by atoms with E-state index in [9.17, 15) is 18.0 Å². The molecule has 2 aliphatic heterocycles. The average molecular weight is 519 g/mol. The van der Waals surface area contributed by atoms with Crippen molar-refractivity contribution in [2.45, 2.75) is 18.4 Å². The van der Waals surface area contributed by atoms with Crippen LogP contribution in [0.4, 0.5) is 5.82 Å². The first-order valence-corrected chi connectivity index (χ1v) is 13.6. The van der Waals surface area contributed by atoms with Crippen LogP contribution < -0.4 is 10.5 Å². The number of hydrogen-bond acceptors (Lipinski definition) is 9. The summed E-state index contributed by atoms with van der Waals surface area (Å²) in [6, 6.07) is 5.72. The molecule has 0 saturated carbocycles. The Balaban J connectivity index is 1.37. The lowest BCUT2D eigenvalue weighted by molar-refractivity contribution is -0.132. The minimum absolute atomic E-state index is 0.0114. The van der Waals surface area contributed by atoms with Gasteiger partial charge in [0.25, 0.3) is 5.56 Å². The van der Waals surface area contributed by atoms with Crippen molar-refractivity contribution in [3.63, 3.8) is 0 Å². The fraction of sp³-hybridized carbons (Fsp3) is 0.455. The smallest absolute Gasteiger partial charge is 0.263 e. The molecule has 13 heteroatoms. The summed E-state index contributed by atoms with van der Waals surface area (Å²) in [5.74, 6) is 0.658. The molecule has 0 N–H and O–H groups in total. The Hall–Kier alpha value is -2.87. The molecular formula is C22H26N6O5S2. The summed E-state index contributed by atoms with van der Waals surface area (Å²) in [5.41, 5.74) is -0.522. The van der Waals surface area contributed by atoms with E-state index in [4.69, 9.17) is 4.74 Å². The standard InChI is InChI=1S/C22H26N6O5S2/c1-16-20(35(31,32)28-10-12-33-13-11-28)19-21(34-16)24-15-27(22(19)30)14-18(29)26-8-6-25(7-9-26)17-4-2-3-5-23-17/h2-5,15H,6-14H2,1H3. The lowest BCUT2D eigenvalue weighted by Crippen LogP contribution is -2.50. The Morgan fingerprint density at radius 2 is 1.83 bits per heavy atom. The molecule has 0 radical (unpaired) electrons. The fourth-order valence-electron chi connectivity index (χ4n) is 4.42. The third-order valence-electron chi connectivity index (χ3n) is 6.28. The number of aromatic nitrogens is 3. The number of anilines is 1. The first kappa shape index (κ1) is 23.9. The van der Waals surface area contributed by atoms with Crippen LogP contribution in [0.5, 0.6) is 0 Å². The second-order valence-corrected chi connectivity index (χ2v) is 11.5. The number of amides is 1. The molecule has 3 aromatic heterocycles. The fourth-order valence-corrected chi connectivity index (χ4v) is 7.50. The lowest BCUT2D eigenvalue weighted by Gasteiger charge is -2.35. The zero-order chi connectivity index (χ0) is 24.6. The second kappa shape index (κ2) is 9.64. The third-order valence-corrected chi connectivity index (χ3v) is 9.49. The van der Waals surface area contributed by atoms with E-state index in [0.29, 0.717) is 49.1 Å². The molecule has 35 heavy (non-hydrogen) atoms. The Kier molecular flexibility index (Phi) is 6.57. The highest BCUT2D eigenvalue weighted by Crippen LogP contribution is 2.33. The summed E-state index contributed by atoms with van der Waals surface area (Å²) in [5, 5.41) is 0.0502. The van der Waals surface area contributed by atoms with Crippen molar-refractivity contribution in [3.8, 4) is 0 Å². The molecule has 2 saturated heterocycles. The average Bonchev–Trinajstić information content (AvgIpc) is 3.24. The normalized spacial score (nSPS) is 17.7. The van der Waals surface area contributed by atoms with Gasteiger partial charge in [0, 0.05) is 50.3 Å². The molecule has 1 amide bonds. The van der Waals surface area contributed by atoms with Crippen molar-refractivity contribution in [2.75, 3.05) is 57.4 Å². The molecule has 0 bridgehead atoms. The van der Waals surface area contributed by atoms with Gasteiger partial charge in [-0.3, -0.25) is 14.2 Å². The molecule has 5 heterocycles. The van der Waals surface area contributed by atoms with E-state index < -0.39 is 15.6 Å². The van der Waals surface area contributed by atoms with Gasteiger partial charge in [0.15, 0.2) is 0 Å². The number of hydrogen-bond donors (Lipinski definition) is 0. The van der Waals surface area contributed by atoms with Crippen LogP contribution in [0, 0.1) is 6.92 Å². The number of morpholine rings is 1. The Morgan fingerprint density at radius 1 is 1.09 bits per heavy atom. The lowest BCUT2D eigenvalue weighted by atomic mass is 10.3. The van der Waals surface area contributed by atoms with Crippen LogP contribution in [0.1, 0.15) is 4.88 Å². The van der Waals surface area contributed by atoms with Crippen molar-refractivity contribution in [3.05, 3.63) is 46.0 Å². The second-order valence-electron chi connectivity index (χ2n) is 8.42. The van der Waals surface area contributed by atoms with E-state index in [0.717, 1.165) is 5.82 Å². The van der Waals surface area contributed by atoms with Crippen molar-refractivity contribution in [1.29, 1.82) is 0 Å². The summed E-state index contributed by atoms with van der Waals surface area (Å²) in [7, 11) is -3.89. The van der Waals surface area contributed by atoms with Gasteiger partial charge in [0.05, 0.1) is 24.9 Å². The van der Waals surface area contributed by atoms with Gasteiger partial charge in [-0.1, -0.05) is 6.07 Å². The number of fused-ring (bicyclic) bond motifs is 1. The molecule has 0 unspecified atom stereocenters. The highest BCUT2D eigenvalue weighted by Gasteiger charge is 2.33. The number of ether oxygens (including phenoxy) is 1. The first-order chi connectivity index (χ1) is 16.9. The summed E-state index contributed by atoms with van der Waals surface area (Å²) in [4.78, 5) is 39.7. The molecule has 5 rings (SSSR count). The van der Waals surface area contributed by atoms with Gasteiger partial charge in [-0.25, -0.2) is 18.4 Å². The highest BCUT2D eigenvalue weighted by atomic mass is 32.2. The number of carbonyl (C=O) groups is 1. The monoisotopic (exact) mass is 518 g/mol. The molecule has 0 aliphatic carbocycles. The molecule has 0 atom stereocenters. The molecule has 2 fully saturated rings. The van der Waals surface area contributed by atoms with Crippen LogP contribution in [0.3, 0.4) is 0 Å². The van der Waals surface area contributed by atoms with Crippen molar-refractivity contribution in [1.82, 2.24) is 23.7 Å². The third kappa shape index (κ3) is 4.56. The zero-order valence-corrected chi connectivity index (χ0v) is 20.9. The van der Waals surface area contributed by atoms with Crippen LogP contribution in [-0.4, -0.2) is 90.5 Å². The predicted molar refractivity (Wildman–Crippen MR) is 131 cm³/mol. The van der Waals surface area contributed by atoms with E-state index in [1.807, 2.05) is 18.2 Å². The van der Waals surface area contributed by atoms with E-state index in [-0.39, 0.29) is 35.8 Å². The molecular weight excluding hydrogens is 492 g/mol. The Bertz CT molecular complexity index is 1390. The maximum Gasteiger partial charge on any atom is 0.263 e. The van der Waals surface area contributed by atoms with Crippen LogP contribution in [0.2, 0.25) is 0 Å².